The van der Waals surface area contributed by atoms with Crippen LogP contribution in [0.1, 0.15) is 37.3 Å². The van der Waals surface area contributed by atoms with Gasteiger partial charge < -0.3 is 25.2 Å². The van der Waals surface area contributed by atoms with Crippen LogP contribution in [0.15, 0.2) is 48.5 Å². The number of ether oxygens (including phenoxy) is 1. The second kappa shape index (κ2) is 10.9. The number of rotatable bonds is 7. The minimum Gasteiger partial charge on any atom is -0.497 e. The summed E-state index contributed by atoms with van der Waals surface area (Å²) in [5, 5.41) is 6.10. The highest BCUT2D eigenvalue weighted by Crippen LogP contribution is 2.28. The molecule has 1 atom stereocenters. The first-order chi connectivity index (χ1) is 14.6. The van der Waals surface area contributed by atoms with Crippen LogP contribution in [-0.4, -0.2) is 51.8 Å². The molecule has 30 heavy (non-hydrogen) atoms. The molecular weight excluding hydrogens is 376 g/mol. The maximum Gasteiger partial charge on any atom is 0.319 e. The van der Waals surface area contributed by atoms with Gasteiger partial charge in [-0.25, -0.2) is 4.79 Å². The summed E-state index contributed by atoms with van der Waals surface area (Å²) in [6.45, 7) is 2.60. The maximum absolute atomic E-state index is 12.7. The highest BCUT2D eigenvalue weighted by molar-refractivity contribution is 5.93. The number of benzene rings is 2. The molecule has 0 radical (unpaired) electrons. The Morgan fingerprint density at radius 1 is 1.03 bits per heavy atom. The molecule has 0 bridgehead atoms. The zero-order valence-corrected chi connectivity index (χ0v) is 18.4. The molecule has 0 saturated carbocycles. The zero-order chi connectivity index (χ0) is 21.3. The van der Waals surface area contributed by atoms with E-state index in [2.05, 4.69) is 26.5 Å². The number of amides is 2. The van der Waals surface area contributed by atoms with Crippen LogP contribution in [0.25, 0.3) is 0 Å². The van der Waals surface area contributed by atoms with Gasteiger partial charge in [0.2, 0.25) is 0 Å². The van der Waals surface area contributed by atoms with Crippen LogP contribution in [0.5, 0.6) is 5.75 Å². The minimum absolute atomic E-state index is 0.0718. The molecule has 6 heteroatoms. The fourth-order valence-corrected chi connectivity index (χ4v) is 3.95. The van der Waals surface area contributed by atoms with E-state index >= 15 is 0 Å². The lowest BCUT2D eigenvalue weighted by molar-refractivity contribution is 0.243. The molecule has 2 N–H and O–H groups in total. The van der Waals surface area contributed by atoms with E-state index in [4.69, 9.17) is 4.74 Å². The Morgan fingerprint density at radius 2 is 1.70 bits per heavy atom. The Hall–Kier alpha value is -2.73. The van der Waals surface area contributed by atoms with Gasteiger partial charge in [0, 0.05) is 19.6 Å². The first kappa shape index (κ1) is 22.0. The summed E-state index contributed by atoms with van der Waals surface area (Å²) in [5.41, 5.74) is 3.10. The number of carbonyl (C=O) groups is 1. The predicted octanol–water partition coefficient (Wildman–Crippen LogP) is 4.50. The first-order valence-corrected chi connectivity index (χ1v) is 10.8. The monoisotopic (exact) mass is 410 g/mol. The van der Waals surface area contributed by atoms with E-state index in [1.165, 1.54) is 25.7 Å². The van der Waals surface area contributed by atoms with Gasteiger partial charge in [-0.1, -0.05) is 37.1 Å². The highest BCUT2D eigenvalue weighted by atomic mass is 16.5. The van der Waals surface area contributed by atoms with Crippen LogP contribution < -0.4 is 20.3 Å². The molecule has 3 rings (SSSR count). The SMILES string of the molecule is COc1ccc(C(CNC(=O)Nc2ccccc2N2CCCCCC2)N(C)C)cc1. The van der Waals surface area contributed by atoms with E-state index in [9.17, 15) is 4.79 Å². The third-order valence-electron chi connectivity index (χ3n) is 5.68. The van der Waals surface area contributed by atoms with Crippen LogP contribution in [0.4, 0.5) is 16.2 Å². The van der Waals surface area contributed by atoms with E-state index in [-0.39, 0.29) is 12.1 Å². The van der Waals surface area contributed by atoms with E-state index in [1.807, 2.05) is 56.6 Å². The Labute approximate surface area is 180 Å². The Bertz CT molecular complexity index is 799. The summed E-state index contributed by atoms with van der Waals surface area (Å²) in [7, 11) is 5.69. The Morgan fingerprint density at radius 3 is 2.33 bits per heavy atom. The normalized spacial score (nSPS) is 15.4. The number of urea groups is 1. The number of methoxy groups -OCH3 is 1. The van der Waals surface area contributed by atoms with Gasteiger partial charge in [-0.15, -0.1) is 0 Å². The Balaban J connectivity index is 1.63. The molecule has 1 saturated heterocycles. The molecule has 2 aromatic carbocycles. The van der Waals surface area contributed by atoms with Gasteiger partial charge in [0.1, 0.15) is 5.75 Å². The minimum atomic E-state index is -0.183. The van der Waals surface area contributed by atoms with Crippen molar-refractivity contribution in [2.45, 2.75) is 31.7 Å². The lowest BCUT2D eigenvalue weighted by Gasteiger charge is -2.27. The number of hydrogen-bond donors (Lipinski definition) is 2. The molecule has 2 amide bonds. The molecule has 2 aromatic rings. The quantitative estimate of drug-likeness (QED) is 0.706. The fourth-order valence-electron chi connectivity index (χ4n) is 3.95. The molecule has 1 fully saturated rings. The van der Waals surface area contributed by atoms with Crippen LogP contribution in [0.2, 0.25) is 0 Å². The summed E-state index contributed by atoms with van der Waals surface area (Å²) < 4.78 is 5.25. The molecule has 0 aliphatic carbocycles. The van der Waals surface area contributed by atoms with Crippen molar-refractivity contribution in [3.05, 3.63) is 54.1 Å². The van der Waals surface area contributed by atoms with Crippen molar-refractivity contribution in [2.75, 3.05) is 51.1 Å². The van der Waals surface area contributed by atoms with E-state index < -0.39 is 0 Å². The molecule has 6 nitrogen and oxygen atoms in total. The molecule has 1 heterocycles. The molecule has 0 spiro atoms. The van der Waals surface area contributed by atoms with Crippen LogP contribution in [0.3, 0.4) is 0 Å². The summed E-state index contributed by atoms with van der Waals surface area (Å²) in [4.78, 5) is 17.2. The summed E-state index contributed by atoms with van der Waals surface area (Å²) in [6, 6.07) is 15.9. The first-order valence-electron chi connectivity index (χ1n) is 10.8. The van der Waals surface area contributed by atoms with Gasteiger partial charge in [0.05, 0.1) is 24.5 Å². The van der Waals surface area contributed by atoms with E-state index in [0.29, 0.717) is 6.54 Å². The van der Waals surface area contributed by atoms with Crippen molar-refractivity contribution in [1.82, 2.24) is 10.2 Å². The summed E-state index contributed by atoms with van der Waals surface area (Å²) in [5.74, 6) is 0.826. The number of nitrogens with one attached hydrogen (secondary N) is 2. The average Bonchev–Trinajstić information content (AvgIpc) is 3.04. The zero-order valence-electron chi connectivity index (χ0n) is 18.4. The maximum atomic E-state index is 12.7. The Kier molecular flexibility index (Phi) is 7.97. The summed E-state index contributed by atoms with van der Waals surface area (Å²) in [6.07, 6.45) is 4.97. The largest absolute Gasteiger partial charge is 0.497 e. The number of carbonyl (C=O) groups excluding carboxylic acids is 1. The average molecular weight is 411 g/mol. The number of hydrogen-bond acceptors (Lipinski definition) is 4. The molecule has 162 valence electrons. The van der Waals surface area contributed by atoms with Crippen LogP contribution in [0, 0.1) is 0 Å². The van der Waals surface area contributed by atoms with Gasteiger partial charge in [-0.2, -0.15) is 0 Å². The van der Waals surface area contributed by atoms with Gasteiger partial charge in [0.25, 0.3) is 0 Å². The molecular formula is C24H34N4O2. The number of anilines is 2. The van der Waals surface area contributed by atoms with Crippen molar-refractivity contribution in [3.8, 4) is 5.75 Å². The van der Waals surface area contributed by atoms with Gasteiger partial charge >= 0.3 is 6.03 Å². The van der Waals surface area contributed by atoms with Crippen molar-refractivity contribution in [3.63, 3.8) is 0 Å². The van der Waals surface area contributed by atoms with Crippen molar-refractivity contribution >= 4 is 17.4 Å². The molecule has 0 aromatic heterocycles. The fraction of sp³-hybridized carbons (Fsp3) is 0.458. The van der Waals surface area contributed by atoms with E-state index in [0.717, 1.165) is 35.8 Å². The second-order valence-corrected chi connectivity index (χ2v) is 8.01. The standard InChI is InChI=1S/C24H34N4O2/c1-27(2)23(19-12-14-20(30-3)15-13-19)18-25-24(29)26-21-10-6-7-11-22(21)28-16-8-4-5-9-17-28/h6-7,10-15,23H,4-5,8-9,16-18H2,1-3H3,(H2,25,26,29). The molecule has 1 aliphatic heterocycles. The predicted molar refractivity (Wildman–Crippen MR) is 124 cm³/mol. The number of para-hydroxylation sites is 2. The van der Waals surface area contributed by atoms with Gasteiger partial charge in [0.15, 0.2) is 0 Å². The van der Waals surface area contributed by atoms with E-state index in [1.54, 1.807) is 7.11 Å². The van der Waals surface area contributed by atoms with Crippen molar-refractivity contribution in [2.24, 2.45) is 0 Å². The van der Waals surface area contributed by atoms with Gasteiger partial charge in [-0.05, 0) is 56.8 Å². The number of nitrogens with zero attached hydrogens (tertiary/aromatic N) is 2. The number of likely N-dealkylation sites (N-methyl/N-ethyl adjacent to an activating group) is 1. The lowest BCUT2D eigenvalue weighted by atomic mass is 10.1. The smallest absolute Gasteiger partial charge is 0.319 e. The topological polar surface area (TPSA) is 56.8 Å². The third-order valence-corrected chi connectivity index (χ3v) is 5.68. The van der Waals surface area contributed by atoms with Gasteiger partial charge in [-0.3, -0.25) is 0 Å². The van der Waals surface area contributed by atoms with Crippen molar-refractivity contribution < 1.29 is 9.53 Å². The third kappa shape index (κ3) is 5.89. The van der Waals surface area contributed by atoms with Crippen molar-refractivity contribution in [1.29, 1.82) is 0 Å². The lowest BCUT2D eigenvalue weighted by Crippen LogP contribution is -2.37. The molecule has 1 aliphatic rings. The second-order valence-electron chi connectivity index (χ2n) is 8.01. The van der Waals surface area contributed by atoms with Crippen LogP contribution in [-0.2, 0) is 0 Å². The van der Waals surface area contributed by atoms with Crippen LogP contribution >= 0.6 is 0 Å². The summed E-state index contributed by atoms with van der Waals surface area (Å²) >= 11 is 0. The highest BCUT2D eigenvalue weighted by Gasteiger charge is 2.17. The molecule has 1 unspecified atom stereocenters.